The number of piperazine rings is 1. The van der Waals surface area contributed by atoms with Crippen molar-refractivity contribution in [3.05, 3.63) is 0 Å². The van der Waals surface area contributed by atoms with Crippen LogP contribution in [0, 0.1) is 5.92 Å². The van der Waals surface area contributed by atoms with Gasteiger partial charge in [-0.2, -0.15) is 0 Å². The Labute approximate surface area is 107 Å². The van der Waals surface area contributed by atoms with Crippen LogP contribution in [0.5, 0.6) is 0 Å². The minimum absolute atomic E-state index is 0.144. The summed E-state index contributed by atoms with van der Waals surface area (Å²) < 4.78 is 0. The van der Waals surface area contributed by atoms with Gasteiger partial charge in [-0.3, -0.25) is 9.59 Å². The lowest BCUT2D eigenvalue weighted by Crippen LogP contribution is -2.61. The van der Waals surface area contributed by atoms with Crippen LogP contribution in [0.3, 0.4) is 0 Å². The predicted octanol–water partition coefficient (Wildman–Crippen LogP) is -0.181. The molecule has 0 spiro atoms. The van der Waals surface area contributed by atoms with Gasteiger partial charge in [0.25, 0.3) is 0 Å². The van der Waals surface area contributed by atoms with Gasteiger partial charge in [-0.15, -0.1) is 0 Å². The third-order valence-electron chi connectivity index (χ3n) is 4.42. The maximum absolute atomic E-state index is 12.3. The average molecular weight is 251 g/mol. The highest BCUT2D eigenvalue weighted by molar-refractivity contribution is 5.95. The molecule has 0 aromatic carbocycles. The number of amides is 2. The second kappa shape index (κ2) is 4.88. The Bertz CT molecular complexity index is 354. The Balaban J connectivity index is 1.60. The minimum Gasteiger partial charge on any atom is -0.332 e. The zero-order valence-electron chi connectivity index (χ0n) is 10.7. The van der Waals surface area contributed by atoms with Gasteiger partial charge in [-0.25, -0.2) is 0 Å². The molecule has 1 atom stereocenters. The Morgan fingerprint density at radius 3 is 2.78 bits per heavy atom. The summed E-state index contributed by atoms with van der Waals surface area (Å²) in [4.78, 5) is 28.0. The molecule has 3 rings (SSSR count). The molecule has 5 nitrogen and oxygen atoms in total. The fourth-order valence-electron chi connectivity index (χ4n) is 3.11. The molecule has 3 aliphatic rings. The third kappa shape index (κ3) is 2.11. The monoisotopic (exact) mass is 251 g/mol. The molecule has 3 saturated heterocycles. The number of hydrogen-bond acceptors (Lipinski definition) is 3. The van der Waals surface area contributed by atoms with Crippen LogP contribution in [0.4, 0.5) is 0 Å². The summed E-state index contributed by atoms with van der Waals surface area (Å²) in [5, 5.41) is 3.24. The van der Waals surface area contributed by atoms with Gasteiger partial charge in [0, 0.05) is 13.1 Å². The number of rotatable bonds is 3. The van der Waals surface area contributed by atoms with Crippen molar-refractivity contribution in [1.29, 1.82) is 0 Å². The molecule has 5 heteroatoms. The molecule has 1 unspecified atom stereocenters. The van der Waals surface area contributed by atoms with Crippen LogP contribution in [0.15, 0.2) is 0 Å². The van der Waals surface area contributed by atoms with Crippen molar-refractivity contribution in [3.8, 4) is 0 Å². The quantitative estimate of drug-likeness (QED) is 0.757. The van der Waals surface area contributed by atoms with Gasteiger partial charge in [0.05, 0.1) is 6.54 Å². The van der Waals surface area contributed by atoms with E-state index in [9.17, 15) is 9.59 Å². The lowest BCUT2D eigenvalue weighted by molar-refractivity contribution is -0.157. The van der Waals surface area contributed by atoms with Crippen molar-refractivity contribution >= 4 is 11.8 Å². The van der Waals surface area contributed by atoms with Crippen molar-refractivity contribution in [2.45, 2.75) is 31.7 Å². The van der Waals surface area contributed by atoms with Gasteiger partial charge in [-0.1, -0.05) is 0 Å². The number of nitrogens with zero attached hydrogens (tertiary/aromatic N) is 2. The summed E-state index contributed by atoms with van der Waals surface area (Å²) in [5.74, 6) is 1.02. The van der Waals surface area contributed by atoms with E-state index < -0.39 is 0 Å². The topological polar surface area (TPSA) is 52.7 Å². The fraction of sp³-hybridized carbons (Fsp3) is 0.846. The van der Waals surface area contributed by atoms with Gasteiger partial charge in [0.1, 0.15) is 6.04 Å². The Kier molecular flexibility index (Phi) is 3.24. The summed E-state index contributed by atoms with van der Waals surface area (Å²) in [6, 6.07) is -0.153. The first-order valence-corrected chi connectivity index (χ1v) is 7.04. The molecule has 3 aliphatic heterocycles. The van der Waals surface area contributed by atoms with E-state index in [1.54, 1.807) is 9.80 Å². The smallest absolute Gasteiger partial charge is 0.245 e. The van der Waals surface area contributed by atoms with Gasteiger partial charge in [0.2, 0.25) is 11.8 Å². The second-order valence-electron chi connectivity index (χ2n) is 5.67. The normalized spacial score (nSPS) is 29.2. The van der Waals surface area contributed by atoms with Crippen LogP contribution in [0.2, 0.25) is 0 Å². The molecule has 3 heterocycles. The van der Waals surface area contributed by atoms with Crippen molar-refractivity contribution < 1.29 is 9.59 Å². The molecule has 0 saturated carbocycles. The SMILES string of the molecule is O=C1C2CCCCN2C(=O)CN1CCC1CNC1. The lowest BCUT2D eigenvalue weighted by atomic mass is 9.96. The van der Waals surface area contributed by atoms with Crippen LogP contribution < -0.4 is 5.32 Å². The second-order valence-corrected chi connectivity index (χ2v) is 5.67. The average Bonchev–Trinajstić information content (AvgIpc) is 2.33. The number of fused-ring (bicyclic) bond motifs is 1. The van der Waals surface area contributed by atoms with E-state index in [1.807, 2.05) is 0 Å². The highest BCUT2D eigenvalue weighted by Gasteiger charge is 2.40. The van der Waals surface area contributed by atoms with E-state index in [2.05, 4.69) is 5.32 Å². The largest absolute Gasteiger partial charge is 0.332 e. The van der Waals surface area contributed by atoms with Gasteiger partial charge in [-0.05, 0) is 44.7 Å². The molecule has 1 N–H and O–H groups in total. The van der Waals surface area contributed by atoms with Crippen molar-refractivity contribution in [3.63, 3.8) is 0 Å². The van der Waals surface area contributed by atoms with E-state index in [-0.39, 0.29) is 17.9 Å². The summed E-state index contributed by atoms with van der Waals surface area (Å²) >= 11 is 0. The van der Waals surface area contributed by atoms with Crippen LogP contribution in [-0.4, -0.2) is 60.4 Å². The predicted molar refractivity (Wildman–Crippen MR) is 66.9 cm³/mol. The number of nitrogens with one attached hydrogen (secondary N) is 1. The molecule has 0 bridgehead atoms. The summed E-state index contributed by atoms with van der Waals surface area (Å²) in [7, 11) is 0. The van der Waals surface area contributed by atoms with Gasteiger partial charge in [0.15, 0.2) is 0 Å². The first kappa shape index (κ1) is 12.0. The molecule has 0 aromatic rings. The van der Waals surface area contributed by atoms with Crippen LogP contribution in [0.25, 0.3) is 0 Å². The molecule has 18 heavy (non-hydrogen) atoms. The Morgan fingerprint density at radius 1 is 1.22 bits per heavy atom. The summed E-state index contributed by atoms with van der Waals surface area (Å²) in [5.41, 5.74) is 0. The van der Waals surface area contributed by atoms with Crippen molar-refractivity contribution in [1.82, 2.24) is 15.1 Å². The first-order valence-electron chi connectivity index (χ1n) is 7.04. The Hall–Kier alpha value is -1.10. The van der Waals surface area contributed by atoms with E-state index in [1.165, 1.54) is 0 Å². The van der Waals surface area contributed by atoms with Gasteiger partial charge < -0.3 is 15.1 Å². The molecule has 100 valence electrons. The third-order valence-corrected chi connectivity index (χ3v) is 4.42. The zero-order chi connectivity index (χ0) is 12.5. The molecular formula is C13H21N3O2. The molecule has 0 aromatic heterocycles. The lowest BCUT2D eigenvalue weighted by Gasteiger charge is -2.43. The zero-order valence-corrected chi connectivity index (χ0v) is 10.7. The highest BCUT2D eigenvalue weighted by atomic mass is 16.2. The molecule has 3 fully saturated rings. The summed E-state index contributed by atoms with van der Waals surface area (Å²) in [6.07, 6.45) is 3.99. The number of hydrogen-bond donors (Lipinski definition) is 1. The van der Waals surface area contributed by atoms with E-state index in [0.29, 0.717) is 12.5 Å². The standard InChI is InChI=1S/C13H21N3O2/c17-12-9-15(6-4-10-7-14-8-10)13(18)11-3-1-2-5-16(11)12/h10-11,14H,1-9H2. The number of carbonyl (C=O) groups is 2. The maximum atomic E-state index is 12.3. The van der Waals surface area contributed by atoms with Crippen molar-refractivity contribution in [2.24, 2.45) is 5.92 Å². The molecule has 0 aliphatic carbocycles. The van der Waals surface area contributed by atoms with E-state index in [0.717, 1.165) is 51.9 Å². The molecular weight excluding hydrogens is 230 g/mol. The number of carbonyl (C=O) groups excluding carboxylic acids is 2. The van der Waals surface area contributed by atoms with Crippen LogP contribution >= 0.6 is 0 Å². The molecule has 2 amide bonds. The summed E-state index contributed by atoms with van der Waals surface area (Å²) in [6.45, 7) is 3.95. The van der Waals surface area contributed by atoms with Crippen molar-refractivity contribution in [2.75, 3.05) is 32.7 Å². The van der Waals surface area contributed by atoms with Crippen LogP contribution in [0.1, 0.15) is 25.7 Å². The minimum atomic E-state index is -0.153. The number of piperidine rings is 1. The van der Waals surface area contributed by atoms with Gasteiger partial charge >= 0.3 is 0 Å². The molecule has 0 radical (unpaired) electrons. The fourth-order valence-corrected chi connectivity index (χ4v) is 3.11. The van der Waals surface area contributed by atoms with E-state index in [4.69, 9.17) is 0 Å². The Morgan fingerprint density at radius 2 is 2.06 bits per heavy atom. The van der Waals surface area contributed by atoms with Crippen LogP contribution in [-0.2, 0) is 9.59 Å². The maximum Gasteiger partial charge on any atom is 0.245 e. The first-order chi connectivity index (χ1) is 8.75. The van der Waals surface area contributed by atoms with E-state index >= 15 is 0 Å². The highest BCUT2D eigenvalue weighted by Crippen LogP contribution is 2.23.